The first-order chi connectivity index (χ1) is 10.4. The van der Waals surface area contributed by atoms with Gasteiger partial charge in [-0.3, -0.25) is 4.79 Å². The number of carbonyl (C=O) groups excluding carboxylic acids is 1. The zero-order chi connectivity index (χ0) is 16.2. The number of nitrogens with one attached hydrogen (secondary N) is 1. The molecule has 0 unspecified atom stereocenters. The molecule has 0 saturated heterocycles. The summed E-state index contributed by atoms with van der Waals surface area (Å²) < 4.78 is 22.3. The first-order valence-electron chi connectivity index (χ1n) is 6.16. The first kappa shape index (κ1) is 15.6. The Hall–Kier alpha value is -2.76. The molecular formula is C14H12N4O3S. The van der Waals surface area contributed by atoms with Gasteiger partial charge >= 0.3 is 0 Å². The molecule has 1 amide bonds. The van der Waals surface area contributed by atoms with Gasteiger partial charge in [0.05, 0.1) is 4.90 Å². The molecule has 1 aromatic heterocycles. The molecule has 0 radical (unpaired) electrons. The van der Waals surface area contributed by atoms with Gasteiger partial charge in [-0.1, -0.05) is 12.1 Å². The number of benzene rings is 1. The Labute approximate surface area is 127 Å². The molecule has 0 bridgehead atoms. The summed E-state index contributed by atoms with van der Waals surface area (Å²) in [6.45, 7) is 0.216. The largest absolute Gasteiger partial charge is 0.348 e. The van der Waals surface area contributed by atoms with Crippen LogP contribution in [0.25, 0.3) is 0 Å². The molecule has 0 aliphatic heterocycles. The zero-order valence-electron chi connectivity index (χ0n) is 11.4. The molecule has 8 heteroatoms. The van der Waals surface area contributed by atoms with E-state index in [9.17, 15) is 13.2 Å². The van der Waals surface area contributed by atoms with Crippen LogP contribution in [-0.2, 0) is 16.6 Å². The van der Waals surface area contributed by atoms with Crippen molar-refractivity contribution < 1.29 is 13.2 Å². The van der Waals surface area contributed by atoms with E-state index in [0.29, 0.717) is 5.56 Å². The van der Waals surface area contributed by atoms with Gasteiger partial charge < -0.3 is 5.32 Å². The van der Waals surface area contributed by atoms with E-state index in [1.54, 1.807) is 12.1 Å². The average molecular weight is 316 g/mol. The predicted molar refractivity (Wildman–Crippen MR) is 77.9 cm³/mol. The Bertz CT molecular complexity index is 839. The van der Waals surface area contributed by atoms with Crippen LogP contribution in [0.1, 0.15) is 21.6 Å². The van der Waals surface area contributed by atoms with Gasteiger partial charge in [-0.15, -0.1) is 0 Å². The van der Waals surface area contributed by atoms with Crippen molar-refractivity contribution in [2.75, 3.05) is 0 Å². The van der Waals surface area contributed by atoms with Crippen molar-refractivity contribution in [3.63, 3.8) is 0 Å². The number of hydrogen-bond donors (Lipinski definition) is 2. The minimum Gasteiger partial charge on any atom is -0.348 e. The fourth-order valence-corrected chi connectivity index (χ4v) is 2.23. The molecule has 2 aromatic rings. The number of pyridine rings is 1. The van der Waals surface area contributed by atoms with Gasteiger partial charge in [0.1, 0.15) is 11.8 Å². The first-order valence-corrected chi connectivity index (χ1v) is 7.71. The lowest BCUT2D eigenvalue weighted by Gasteiger charge is -2.06. The summed E-state index contributed by atoms with van der Waals surface area (Å²) in [5, 5.41) is 16.4. The van der Waals surface area contributed by atoms with Crippen molar-refractivity contribution in [1.29, 1.82) is 5.26 Å². The molecular weight excluding hydrogens is 304 g/mol. The third-order valence-electron chi connectivity index (χ3n) is 2.84. The standard InChI is InChI=1S/C14H12N4O3S/c15-8-12-7-11(5-6-17-12)14(19)18-9-10-1-3-13(4-2-10)22(16,20)21/h1-7H,9H2,(H,18,19)(H2,16,20,21). The van der Waals surface area contributed by atoms with E-state index < -0.39 is 10.0 Å². The molecule has 7 nitrogen and oxygen atoms in total. The van der Waals surface area contributed by atoms with Crippen LogP contribution in [0.15, 0.2) is 47.5 Å². The number of primary sulfonamides is 1. The summed E-state index contributed by atoms with van der Waals surface area (Å²) in [6.07, 6.45) is 1.38. The summed E-state index contributed by atoms with van der Waals surface area (Å²) in [5.41, 5.74) is 1.20. The van der Waals surface area contributed by atoms with Crippen LogP contribution < -0.4 is 10.5 Å². The second-order valence-electron chi connectivity index (χ2n) is 4.41. The third kappa shape index (κ3) is 3.88. The van der Waals surface area contributed by atoms with Crippen LogP contribution >= 0.6 is 0 Å². The van der Waals surface area contributed by atoms with Gasteiger partial charge in [-0.25, -0.2) is 18.5 Å². The van der Waals surface area contributed by atoms with Gasteiger partial charge in [0.25, 0.3) is 5.91 Å². The van der Waals surface area contributed by atoms with E-state index in [0.717, 1.165) is 5.56 Å². The van der Waals surface area contributed by atoms with Gasteiger partial charge in [-0.2, -0.15) is 5.26 Å². The number of nitrogens with two attached hydrogens (primary N) is 1. The number of nitrogens with zero attached hydrogens (tertiary/aromatic N) is 2. The molecule has 1 aromatic carbocycles. The molecule has 0 atom stereocenters. The number of nitriles is 1. The summed E-state index contributed by atoms with van der Waals surface area (Å²) in [4.78, 5) is 15.7. The van der Waals surface area contributed by atoms with Crippen molar-refractivity contribution in [2.24, 2.45) is 5.14 Å². The van der Waals surface area contributed by atoms with Gasteiger partial charge in [0, 0.05) is 18.3 Å². The highest BCUT2D eigenvalue weighted by Crippen LogP contribution is 2.09. The fraction of sp³-hybridized carbons (Fsp3) is 0.0714. The number of rotatable bonds is 4. The number of sulfonamides is 1. The van der Waals surface area contributed by atoms with Crippen LogP contribution in [0.5, 0.6) is 0 Å². The summed E-state index contributed by atoms with van der Waals surface area (Å²) in [6, 6.07) is 10.6. The van der Waals surface area contributed by atoms with Crippen molar-refractivity contribution in [2.45, 2.75) is 11.4 Å². The Morgan fingerprint density at radius 1 is 1.27 bits per heavy atom. The lowest BCUT2D eigenvalue weighted by atomic mass is 10.2. The zero-order valence-corrected chi connectivity index (χ0v) is 12.2. The topological polar surface area (TPSA) is 126 Å². The fourth-order valence-electron chi connectivity index (χ4n) is 1.71. The second-order valence-corrected chi connectivity index (χ2v) is 5.97. The van der Waals surface area contributed by atoms with Crippen molar-refractivity contribution >= 4 is 15.9 Å². The number of aromatic nitrogens is 1. The molecule has 112 valence electrons. The maximum absolute atomic E-state index is 11.9. The molecule has 0 saturated carbocycles. The van der Waals surface area contributed by atoms with Gasteiger partial charge in [0.2, 0.25) is 10.0 Å². The maximum Gasteiger partial charge on any atom is 0.251 e. The van der Waals surface area contributed by atoms with Crippen molar-refractivity contribution in [3.8, 4) is 6.07 Å². The van der Waals surface area contributed by atoms with Gasteiger partial charge in [-0.05, 0) is 29.8 Å². The summed E-state index contributed by atoms with van der Waals surface area (Å²) >= 11 is 0. The van der Waals surface area contributed by atoms with Crippen LogP contribution in [0, 0.1) is 11.3 Å². The Morgan fingerprint density at radius 2 is 1.95 bits per heavy atom. The number of carbonyl (C=O) groups is 1. The molecule has 1 heterocycles. The van der Waals surface area contributed by atoms with Crippen LogP contribution in [-0.4, -0.2) is 19.3 Å². The lowest BCUT2D eigenvalue weighted by molar-refractivity contribution is 0.0950. The monoisotopic (exact) mass is 316 g/mol. The molecule has 2 rings (SSSR count). The molecule has 0 aliphatic rings. The molecule has 0 aliphatic carbocycles. The SMILES string of the molecule is N#Cc1cc(C(=O)NCc2ccc(S(N)(=O)=O)cc2)ccn1. The molecule has 3 N–H and O–H groups in total. The second kappa shape index (κ2) is 6.34. The van der Waals surface area contributed by atoms with Crippen molar-refractivity contribution in [3.05, 3.63) is 59.4 Å². The van der Waals surface area contributed by atoms with E-state index in [1.807, 2.05) is 6.07 Å². The summed E-state index contributed by atoms with van der Waals surface area (Å²) in [5.74, 6) is -0.352. The van der Waals surface area contributed by atoms with Crippen LogP contribution in [0.3, 0.4) is 0 Å². The van der Waals surface area contributed by atoms with E-state index >= 15 is 0 Å². The van der Waals surface area contributed by atoms with E-state index in [2.05, 4.69) is 10.3 Å². The molecule has 22 heavy (non-hydrogen) atoms. The Kier molecular flexibility index (Phi) is 4.50. The van der Waals surface area contributed by atoms with E-state index in [1.165, 1.54) is 30.5 Å². The third-order valence-corrected chi connectivity index (χ3v) is 3.77. The van der Waals surface area contributed by atoms with Gasteiger partial charge in [0.15, 0.2) is 0 Å². The smallest absolute Gasteiger partial charge is 0.251 e. The van der Waals surface area contributed by atoms with Crippen molar-refractivity contribution in [1.82, 2.24) is 10.3 Å². The highest BCUT2D eigenvalue weighted by Gasteiger charge is 2.09. The number of amides is 1. The Balaban J connectivity index is 2.03. The van der Waals surface area contributed by atoms with E-state index in [4.69, 9.17) is 10.4 Å². The minimum absolute atomic E-state index is 0.00960. The maximum atomic E-state index is 11.9. The molecule has 0 spiro atoms. The highest BCUT2D eigenvalue weighted by molar-refractivity contribution is 7.89. The van der Waals surface area contributed by atoms with Crippen LogP contribution in [0.4, 0.5) is 0 Å². The van der Waals surface area contributed by atoms with E-state index in [-0.39, 0.29) is 23.0 Å². The Morgan fingerprint density at radius 3 is 2.55 bits per heavy atom. The minimum atomic E-state index is -3.73. The predicted octanol–water partition coefficient (Wildman–Crippen LogP) is 0.531. The lowest BCUT2D eigenvalue weighted by Crippen LogP contribution is -2.23. The normalized spacial score (nSPS) is 10.7. The average Bonchev–Trinajstić information content (AvgIpc) is 2.52. The molecule has 0 fully saturated rings. The number of hydrogen-bond acceptors (Lipinski definition) is 5. The summed E-state index contributed by atoms with van der Waals surface area (Å²) in [7, 11) is -3.73. The quantitative estimate of drug-likeness (QED) is 0.851. The highest BCUT2D eigenvalue weighted by atomic mass is 32.2. The van der Waals surface area contributed by atoms with Crippen LogP contribution in [0.2, 0.25) is 0 Å².